The normalized spacial score (nSPS) is 11.1. The molecule has 0 atom stereocenters. The number of fused-ring (bicyclic) bond motifs is 1. The third kappa shape index (κ3) is 1.22. The number of benzene rings is 1. The molecule has 0 saturated carbocycles. The summed E-state index contributed by atoms with van der Waals surface area (Å²) in [5, 5.41) is 0. The van der Waals surface area contributed by atoms with Crippen molar-refractivity contribution in [2.24, 2.45) is 0 Å². The van der Waals surface area contributed by atoms with Crippen molar-refractivity contribution >= 4 is 10.1 Å². The minimum Gasteiger partial charge on any atom is -0.344 e. The smallest absolute Gasteiger partial charge is 0.295 e. The molecule has 0 heterocycles. The first-order valence-electron chi connectivity index (χ1n) is 2.71. The quantitative estimate of drug-likeness (QED) is 0.668. The molecule has 68 valence electrons. The van der Waals surface area contributed by atoms with E-state index in [4.69, 9.17) is 4.55 Å². The van der Waals surface area contributed by atoms with Crippen LogP contribution < -0.4 is 6.15 Å². The Bertz CT molecular complexity index is 397. The highest BCUT2D eigenvalue weighted by molar-refractivity contribution is 7.86. The zero-order chi connectivity index (χ0) is 7.35. The predicted octanol–water partition coefficient (Wildman–Crippen LogP) is 1.71. The topological polar surface area (TPSA) is 89.4 Å². The number of hydrogen-bond donors (Lipinski definition) is 2. The molecule has 0 fully saturated rings. The van der Waals surface area contributed by atoms with Crippen molar-refractivity contribution in [2.45, 2.75) is 12.3 Å². The molecule has 0 amide bonds. The van der Waals surface area contributed by atoms with E-state index in [2.05, 4.69) is 0 Å². The first-order chi connectivity index (χ1) is 4.59. The van der Waals surface area contributed by atoms with Crippen LogP contribution in [0.5, 0.6) is 0 Å². The Morgan fingerprint density at radius 1 is 1.25 bits per heavy atom. The van der Waals surface area contributed by atoms with Gasteiger partial charge in [0, 0.05) is 5.56 Å². The van der Waals surface area contributed by atoms with Crippen LogP contribution >= 0.6 is 0 Å². The fourth-order valence-electron chi connectivity index (χ4n) is 0.968. The Morgan fingerprint density at radius 3 is 1.92 bits per heavy atom. The molecule has 0 saturated heterocycles. The Kier molecular flexibility index (Phi) is 2.64. The van der Waals surface area contributed by atoms with Crippen LogP contribution in [0.3, 0.4) is 0 Å². The van der Waals surface area contributed by atoms with E-state index in [1.54, 1.807) is 12.1 Å². The van der Waals surface area contributed by atoms with Gasteiger partial charge in [-0.25, -0.2) is 0 Å². The molecule has 2 rings (SSSR count). The predicted molar refractivity (Wildman–Crippen MR) is 47.0 cm³/mol. The lowest BCUT2D eigenvalue weighted by atomic mass is 9.94. The van der Waals surface area contributed by atoms with E-state index in [1.807, 2.05) is 0 Å². The van der Waals surface area contributed by atoms with Gasteiger partial charge in [0.05, 0.1) is 0 Å². The molecule has 0 spiro atoms. The summed E-state index contributed by atoms with van der Waals surface area (Å²) in [5.74, 6) is 0. The maximum Gasteiger partial charge on any atom is 0.295 e. The van der Waals surface area contributed by atoms with Gasteiger partial charge in [0.2, 0.25) is 0 Å². The summed E-state index contributed by atoms with van der Waals surface area (Å²) in [6.45, 7) is 0. The Balaban J connectivity index is 0.000000605. The molecule has 0 aromatic rings. The largest absolute Gasteiger partial charge is 0.344 e. The summed E-state index contributed by atoms with van der Waals surface area (Å²) in [6, 6.07) is 4.91. The van der Waals surface area contributed by atoms with Gasteiger partial charge in [-0.1, -0.05) is 19.6 Å². The summed E-state index contributed by atoms with van der Waals surface area (Å²) < 4.78 is 29.3. The third-order valence-corrected chi connectivity index (χ3v) is 2.46. The molecule has 0 bridgehead atoms. The molecule has 12 heavy (non-hydrogen) atoms. The molecule has 4 N–H and O–H groups in total. The average Bonchev–Trinajstić information content (AvgIpc) is 1.74. The fraction of sp³-hybridized carbons (Fsp3) is 0.143. The van der Waals surface area contributed by atoms with Crippen molar-refractivity contribution in [3.63, 3.8) is 0 Å². The molecule has 0 aliphatic heterocycles. The minimum absolute atomic E-state index is 0. The zero-order valence-electron chi connectivity index (χ0n) is 5.61. The highest BCUT2D eigenvalue weighted by Crippen LogP contribution is 2.39. The highest BCUT2D eigenvalue weighted by Gasteiger charge is 2.24. The molecule has 0 aromatic carbocycles. The second-order valence-electron chi connectivity index (χ2n) is 2.19. The Morgan fingerprint density at radius 2 is 1.83 bits per heavy atom. The van der Waals surface area contributed by atoms with E-state index in [9.17, 15) is 8.42 Å². The van der Waals surface area contributed by atoms with Crippen LogP contribution in [0.4, 0.5) is 0 Å². The Hall–Kier alpha value is -0.910. The minimum atomic E-state index is -3.94. The van der Waals surface area contributed by atoms with E-state index < -0.39 is 10.1 Å². The molecule has 2 aliphatic carbocycles. The van der Waals surface area contributed by atoms with Crippen molar-refractivity contribution < 1.29 is 13.0 Å². The van der Waals surface area contributed by atoms with Gasteiger partial charge < -0.3 is 6.15 Å². The average molecular weight is 189 g/mol. The van der Waals surface area contributed by atoms with Gasteiger partial charge >= 0.3 is 0 Å². The van der Waals surface area contributed by atoms with Gasteiger partial charge in [0.15, 0.2) is 0 Å². The summed E-state index contributed by atoms with van der Waals surface area (Å²) in [6.07, 6.45) is 0. The maximum absolute atomic E-state index is 10.4. The van der Waals surface area contributed by atoms with Crippen molar-refractivity contribution in [3.05, 3.63) is 18.2 Å². The van der Waals surface area contributed by atoms with Crippen LogP contribution in [-0.2, 0) is 10.1 Å². The van der Waals surface area contributed by atoms with Crippen LogP contribution in [0.25, 0.3) is 11.1 Å². The number of hydrogen-bond acceptors (Lipinski definition) is 3. The molecule has 4 nitrogen and oxygen atoms in total. The lowest BCUT2D eigenvalue weighted by molar-refractivity contribution is 0.482. The van der Waals surface area contributed by atoms with Crippen molar-refractivity contribution in [1.82, 2.24) is 6.15 Å². The molecule has 2 aliphatic rings. The van der Waals surface area contributed by atoms with Crippen LogP contribution in [0.15, 0.2) is 23.1 Å². The van der Waals surface area contributed by atoms with E-state index in [-0.39, 0.29) is 18.5 Å². The SMILES string of the molecule is C.N.O=S(=O)(O)c1cc2ccc1-2. The Labute approximate surface area is 71.6 Å². The molecule has 0 aromatic heterocycles. The van der Waals surface area contributed by atoms with Gasteiger partial charge in [0.1, 0.15) is 4.90 Å². The third-order valence-electron chi connectivity index (χ3n) is 1.57. The maximum atomic E-state index is 10.4. The van der Waals surface area contributed by atoms with Gasteiger partial charge in [-0.3, -0.25) is 4.55 Å². The van der Waals surface area contributed by atoms with E-state index in [0.717, 1.165) is 5.56 Å². The molecular formula is C7H11NO3S. The van der Waals surface area contributed by atoms with Gasteiger partial charge in [0.25, 0.3) is 10.1 Å². The molecule has 5 heteroatoms. The fourth-order valence-corrected chi connectivity index (χ4v) is 1.71. The lowest BCUT2D eigenvalue weighted by Crippen LogP contribution is -2.07. The lowest BCUT2D eigenvalue weighted by Gasteiger charge is -2.17. The van der Waals surface area contributed by atoms with Crippen LogP contribution in [0.2, 0.25) is 0 Å². The molecule has 0 radical (unpaired) electrons. The van der Waals surface area contributed by atoms with Crippen molar-refractivity contribution in [3.8, 4) is 11.1 Å². The summed E-state index contributed by atoms with van der Waals surface area (Å²) in [5.41, 5.74) is 1.56. The second-order valence-corrected chi connectivity index (χ2v) is 3.58. The van der Waals surface area contributed by atoms with Crippen LogP contribution in [0, 0.1) is 0 Å². The zero-order valence-corrected chi connectivity index (χ0v) is 6.43. The van der Waals surface area contributed by atoms with E-state index in [0.29, 0.717) is 5.56 Å². The van der Waals surface area contributed by atoms with E-state index >= 15 is 0 Å². The summed E-state index contributed by atoms with van der Waals surface area (Å²) in [4.78, 5) is 0.0463. The second kappa shape index (κ2) is 2.85. The van der Waals surface area contributed by atoms with Gasteiger partial charge in [-0.15, -0.1) is 0 Å². The van der Waals surface area contributed by atoms with Crippen molar-refractivity contribution in [2.75, 3.05) is 0 Å². The highest BCUT2D eigenvalue weighted by atomic mass is 32.2. The van der Waals surface area contributed by atoms with Crippen LogP contribution in [0.1, 0.15) is 7.43 Å². The number of rotatable bonds is 1. The summed E-state index contributed by atoms with van der Waals surface area (Å²) in [7, 11) is -3.94. The standard InChI is InChI=1S/C6H4O3S.CH4.H3N/c7-10(8,9)6-3-4-1-2-5(4)6;;/h1-3H,(H,7,8,9);1H4;1H3. The van der Waals surface area contributed by atoms with Gasteiger partial charge in [-0.2, -0.15) is 8.42 Å². The molecular weight excluding hydrogens is 178 g/mol. The van der Waals surface area contributed by atoms with Gasteiger partial charge in [-0.05, 0) is 11.6 Å². The molecule has 0 unspecified atom stereocenters. The first-order valence-corrected chi connectivity index (χ1v) is 4.15. The monoisotopic (exact) mass is 189 g/mol. The van der Waals surface area contributed by atoms with Crippen LogP contribution in [-0.4, -0.2) is 13.0 Å². The summed E-state index contributed by atoms with van der Waals surface area (Å²) >= 11 is 0. The first kappa shape index (κ1) is 11.1. The van der Waals surface area contributed by atoms with E-state index in [1.165, 1.54) is 6.07 Å². The van der Waals surface area contributed by atoms with Crippen molar-refractivity contribution in [1.29, 1.82) is 0 Å².